The van der Waals surface area contributed by atoms with Crippen molar-refractivity contribution < 1.29 is 14.3 Å². The molecular weight excluding hydrogens is 332 g/mol. The second kappa shape index (κ2) is 8.60. The van der Waals surface area contributed by atoms with Crippen LogP contribution in [-0.4, -0.2) is 53.3 Å². The third-order valence-corrected chi connectivity index (χ3v) is 4.47. The van der Waals surface area contributed by atoms with Crippen molar-refractivity contribution in [1.82, 2.24) is 19.8 Å². The second-order valence-corrected chi connectivity index (χ2v) is 6.50. The largest absolute Gasteiger partial charge is 0.486 e. The minimum absolute atomic E-state index is 0.0427. The van der Waals surface area contributed by atoms with Gasteiger partial charge in [0, 0.05) is 52.4 Å². The van der Waals surface area contributed by atoms with E-state index in [1.807, 2.05) is 49.1 Å². The summed E-state index contributed by atoms with van der Waals surface area (Å²) in [7, 11) is 3.79. The first-order valence-corrected chi connectivity index (χ1v) is 8.97. The van der Waals surface area contributed by atoms with Crippen molar-refractivity contribution in [2.24, 2.45) is 7.05 Å². The van der Waals surface area contributed by atoms with Crippen LogP contribution in [0.1, 0.15) is 18.7 Å². The van der Waals surface area contributed by atoms with Gasteiger partial charge in [-0.15, -0.1) is 0 Å². The summed E-state index contributed by atoms with van der Waals surface area (Å²) in [5.41, 5.74) is 0. The molecule has 1 aliphatic heterocycles. The molecule has 0 saturated carbocycles. The highest BCUT2D eigenvalue weighted by Crippen LogP contribution is 2.31. The smallest absolute Gasteiger partial charge is 0.317 e. The highest BCUT2D eigenvalue weighted by atomic mass is 16.6. The summed E-state index contributed by atoms with van der Waals surface area (Å²) in [6, 6.07) is 7.57. The van der Waals surface area contributed by atoms with E-state index >= 15 is 0 Å². The lowest BCUT2D eigenvalue weighted by Gasteiger charge is -2.26. The van der Waals surface area contributed by atoms with E-state index in [0.717, 1.165) is 30.2 Å². The lowest BCUT2D eigenvalue weighted by molar-refractivity contribution is 0.0850. The third kappa shape index (κ3) is 4.68. The van der Waals surface area contributed by atoms with E-state index in [4.69, 9.17) is 9.47 Å². The number of nitrogens with one attached hydrogen (secondary N) is 1. The molecule has 7 nitrogen and oxygen atoms in total. The Morgan fingerprint density at radius 2 is 2.19 bits per heavy atom. The van der Waals surface area contributed by atoms with Crippen LogP contribution in [-0.2, 0) is 13.5 Å². The molecule has 1 atom stereocenters. The zero-order chi connectivity index (χ0) is 18.4. The number of hydrogen-bond donors (Lipinski definition) is 1. The molecule has 1 N–H and O–H groups in total. The molecule has 26 heavy (non-hydrogen) atoms. The van der Waals surface area contributed by atoms with Crippen LogP contribution in [0.5, 0.6) is 11.5 Å². The minimum atomic E-state index is -0.0676. The van der Waals surface area contributed by atoms with Crippen LogP contribution in [0.2, 0.25) is 0 Å². The number of carbonyl (C=O) groups is 1. The average Bonchev–Trinajstić information content (AvgIpc) is 3.06. The number of imidazole rings is 1. The molecule has 0 saturated heterocycles. The van der Waals surface area contributed by atoms with Gasteiger partial charge in [-0.3, -0.25) is 0 Å². The van der Waals surface area contributed by atoms with Crippen LogP contribution in [0.3, 0.4) is 0 Å². The van der Waals surface area contributed by atoms with Crippen LogP contribution in [0.15, 0.2) is 36.7 Å². The summed E-state index contributed by atoms with van der Waals surface area (Å²) in [6.07, 6.45) is 6.13. The van der Waals surface area contributed by atoms with E-state index < -0.39 is 0 Å². The van der Waals surface area contributed by atoms with E-state index in [9.17, 15) is 4.79 Å². The SMILES string of the molecule is CN(CCCc1nccn1C)C(=O)NCCC1COc2ccccc2O1. The maximum absolute atomic E-state index is 12.2. The van der Waals surface area contributed by atoms with E-state index in [1.165, 1.54) is 0 Å². The monoisotopic (exact) mass is 358 g/mol. The fraction of sp³-hybridized carbons (Fsp3) is 0.474. The molecule has 0 fully saturated rings. The van der Waals surface area contributed by atoms with Crippen molar-refractivity contribution in [2.75, 3.05) is 26.7 Å². The van der Waals surface area contributed by atoms with Crippen molar-refractivity contribution in [1.29, 1.82) is 0 Å². The first-order valence-electron chi connectivity index (χ1n) is 8.97. The summed E-state index contributed by atoms with van der Waals surface area (Å²) in [6.45, 7) is 1.75. The Morgan fingerprint density at radius 3 is 2.96 bits per heavy atom. The molecule has 7 heteroatoms. The Hall–Kier alpha value is -2.70. The summed E-state index contributed by atoms with van der Waals surface area (Å²) < 4.78 is 13.6. The molecule has 3 rings (SSSR count). The summed E-state index contributed by atoms with van der Waals surface area (Å²) in [5, 5.41) is 2.94. The highest BCUT2D eigenvalue weighted by Gasteiger charge is 2.20. The average molecular weight is 358 g/mol. The highest BCUT2D eigenvalue weighted by molar-refractivity contribution is 5.73. The van der Waals surface area contributed by atoms with Crippen molar-refractivity contribution in [3.63, 3.8) is 0 Å². The summed E-state index contributed by atoms with van der Waals surface area (Å²) in [4.78, 5) is 18.2. The summed E-state index contributed by atoms with van der Waals surface area (Å²) >= 11 is 0. The fourth-order valence-electron chi connectivity index (χ4n) is 2.89. The third-order valence-electron chi connectivity index (χ3n) is 4.47. The quantitative estimate of drug-likeness (QED) is 0.824. The van der Waals surface area contributed by atoms with Crippen LogP contribution >= 0.6 is 0 Å². The van der Waals surface area contributed by atoms with E-state index in [1.54, 1.807) is 11.1 Å². The molecule has 0 aliphatic carbocycles. The van der Waals surface area contributed by atoms with Crippen molar-refractivity contribution in [3.8, 4) is 11.5 Å². The topological polar surface area (TPSA) is 68.6 Å². The van der Waals surface area contributed by atoms with Crippen molar-refractivity contribution >= 4 is 6.03 Å². The normalized spacial score (nSPS) is 15.5. The molecule has 0 radical (unpaired) electrons. The number of nitrogens with zero attached hydrogens (tertiary/aromatic N) is 3. The van der Waals surface area contributed by atoms with E-state index in [0.29, 0.717) is 26.1 Å². The minimum Gasteiger partial charge on any atom is -0.486 e. The van der Waals surface area contributed by atoms with Gasteiger partial charge in [0.05, 0.1) is 0 Å². The molecule has 2 amide bonds. The van der Waals surface area contributed by atoms with Gasteiger partial charge in [-0.2, -0.15) is 0 Å². The van der Waals surface area contributed by atoms with Gasteiger partial charge in [0.1, 0.15) is 18.5 Å². The van der Waals surface area contributed by atoms with Gasteiger partial charge >= 0.3 is 6.03 Å². The Morgan fingerprint density at radius 1 is 1.38 bits per heavy atom. The van der Waals surface area contributed by atoms with Crippen LogP contribution in [0.4, 0.5) is 4.79 Å². The standard InChI is InChI=1S/C19H26N4O3/c1-22-13-11-20-18(22)8-5-12-23(2)19(24)21-10-9-15-14-25-16-6-3-4-7-17(16)26-15/h3-4,6-7,11,13,15H,5,8-10,12,14H2,1-2H3,(H,21,24). The summed E-state index contributed by atoms with van der Waals surface area (Å²) in [5.74, 6) is 2.58. The number of amides is 2. The van der Waals surface area contributed by atoms with Gasteiger partial charge < -0.3 is 24.3 Å². The fourth-order valence-corrected chi connectivity index (χ4v) is 2.89. The molecule has 2 aromatic rings. The molecular formula is C19H26N4O3. The second-order valence-electron chi connectivity index (χ2n) is 6.50. The van der Waals surface area contributed by atoms with Crippen LogP contribution in [0, 0.1) is 0 Å². The van der Waals surface area contributed by atoms with Gasteiger partial charge in [-0.05, 0) is 18.6 Å². The molecule has 1 unspecified atom stereocenters. The van der Waals surface area contributed by atoms with Crippen LogP contribution in [0.25, 0.3) is 0 Å². The van der Waals surface area contributed by atoms with Crippen molar-refractivity contribution in [3.05, 3.63) is 42.5 Å². The number of rotatable bonds is 7. The Labute approximate surface area is 153 Å². The lowest BCUT2D eigenvalue weighted by atomic mass is 10.2. The molecule has 1 aromatic heterocycles. The van der Waals surface area contributed by atoms with Gasteiger partial charge in [0.2, 0.25) is 0 Å². The predicted molar refractivity (Wildman–Crippen MR) is 98.5 cm³/mol. The zero-order valence-corrected chi connectivity index (χ0v) is 15.4. The first kappa shape index (κ1) is 18.1. The number of para-hydroxylation sites is 2. The molecule has 1 aliphatic rings. The van der Waals surface area contributed by atoms with Crippen molar-refractivity contribution in [2.45, 2.75) is 25.4 Å². The number of hydrogen-bond acceptors (Lipinski definition) is 4. The van der Waals surface area contributed by atoms with Gasteiger partial charge in [-0.1, -0.05) is 12.1 Å². The molecule has 2 heterocycles. The van der Waals surface area contributed by atoms with Gasteiger partial charge in [-0.25, -0.2) is 9.78 Å². The zero-order valence-electron chi connectivity index (χ0n) is 15.4. The number of aromatic nitrogens is 2. The predicted octanol–water partition coefficient (Wildman–Crippen LogP) is 2.22. The number of fused-ring (bicyclic) bond motifs is 1. The number of aryl methyl sites for hydroxylation is 2. The number of ether oxygens (including phenoxy) is 2. The number of benzene rings is 1. The van der Waals surface area contributed by atoms with Crippen LogP contribution < -0.4 is 14.8 Å². The number of urea groups is 1. The number of carbonyl (C=O) groups excluding carboxylic acids is 1. The molecule has 0 spiro atoms. The molecule has 0 bridgehead atoms. The maximum Gasteiger partial charge on any atom is 0.317 e. The Bertz CT molecular complexity index is 731. The maximum atomic E-state index is 12.2. The lowest BCUT2D eigenvalue weighted by Crippen LogP contribution is -2.40. The van der Waals surface area contributed by atoms with E-state index in [2.05, 4.69) is 10.3 Å². The van der Waals surface area contributed by atoms with E-state index in [-0.39, 0.29) is 12.1 Å². The Balaban J connectivity index is 1.33. The molecule has 140 valence electrons. The van der Waals surface area contributed by atoms with Gasteiger partial charge in [0.25, 0.3) is 0 Å². The Kier molecular flexibility index (Phi) is 5.99. The molecule has 1 aromatic carbocycles. The van der Waals surface area contributed by atoms with Gasteiger partial charge in [0.15, 0.2) is 11.5 Å². The first-order chi connectivity index (χ1) is 12.6.